The van der Waals surface area contributed by atoms with Gasteiger partial charge < -0.3 is 9.36 Å². The zero-order chi connectivity index (χ0) is 17.6. The van der Waals surface area contributed by atoms with E-state index in [1.165, 1.54) is 17.8 Å². The summed E-state index contributed by atoms with van der Waals surface area (Å²) in [7, 11) is 0. The molecule has 6 heteroatoms. The molecule has 0 bridgehead atoms. The molecule has 25 heavy (non-hydrogen) atoms. The summed E-state index contributed by atoms with van der Waals surface area (Å²) in [4.78, 5) is 9.35. The van der Waals surface area contributed by atoms with Crippen molar-refractivity contribution in [2.75, 3.05) is 0 Å². The van der Waals surface area contributed by atoms with E-state index in [0.29, 0.717) is 23.2 Å². The van der Waals surface area contributed by atoms with Crippen molar-refractivity contribution in [3.8, 4) is 11.4 Å². The third-order valence-corrected chi connectivity index (χ3v) is 3.66. The summed E-state index contributed by atoms with van der Waals surface area (Å²) in [6.45, 7) is 4.29. The molecular formula is C19H18FN3O2. The van der Waals surface area contributed by atoms with E-state index in [0.717, 1.165) is 5.56 Å². The van der Waals surface area contributed by atoms with Gasteiger partial charge in [0.25, 0.3) is 5.89 Å². The topological polar surface area (TPSA) is 60.5 Å². The lowest BCUT2D eigenvalue weighted by atomic mass is 10.0. The fourth-order valence-corrected chi connectivity index (χ4v) is 2.21. The monoisotopic (exact) mass is 339 g/mol. The van der Waals surface area contributed by atoms with Gasteiger partial charge in [-0.2, -0.15) is 4.98 Å². The van der Waals surface area contributed by atoms with Crippen molar-refractivity contribution < 1.29 is 13.8 Å². The first kappa shape index (κ1) is 16.8. The van der Waals surface area contributed by atoms with E-state index in [9.17, 15) is 4.39 Å². The first-order valence-electron chi connectivity index (χ1n) is 7.96. The minimum Gasteiger partial charge on any atom is -0.386 e. The maximum absolute atomic E-state index is 13.4. The Labute approximate surface area is 145 Å². The van der Waals surface area contributed by atoms with Crippen molar-refractivity contribution in [3.63, 3.8) is 0 Å². The Kier molecular flexibility index (Phi) is 5.18. The Morgan fingerprint density at radius 3 is 2.64 bits per heavy atom. The van der Waals surface area contributed by atoms with Crippen molar-refractivity contribution in [1.82, 2.24) is 10.1 Å². The van der Waals surface area contributed by atoms with Crippen LogP contribution in [0.2, 0.25) is 0 Å². The molecule has 3 aromatic rings. The molecule has 0 aliphatic carbocycles. The van der Waals surface area contributed by atoms with Crippen LogP contribution in [0, 0.1) is 5.82 Å². The maximum atomic E-state index is 13.4. The van der Waals surface area contributed by atoms with Crippen molar-refractivity contribution in [3.05, 3.63) is 71.4 Å². The molecule has 5 nitrogen and oxygen atoms in total. The van der Waals surface area contributed by atoms with Crippen LogP contribution in [0.4, 0.5) is 4.39 Å². The lowest BCUT2D eigenvalue weighted by molar-refractivity contribution is 0.107. The van der Waals surface area contributed by atoms with Crippen molar-refractivity contribution in [2.24, 2.45) is 5.16 Å². The minimum absolute atomic E-state index is 0.0159. The second-order valence-electron chi connectivity index (χ2n) is 5.82. The SMILES string of the molecule is CC(C)c1ccc(-c2noc(CO/N=C\c3ccccc3F)n2)cc1. The molecular weight excluding hydrogens is 321 g/mol. The fraction of sp³-hybridized carbons (Fsp3) is 0.211. The van der Waals surface area contributed by atoms with Gasteiger partial charge in [-0.3, -0.25) is 0 Å². The highest BCUT2D eigenvalue weighted by Gasteiger charge is 2.09. The maximum Gasteiger partial charge on any atom is 0.267 e. The highest BCUT2D eigenvalue weighted by atomic mass is 19.1. The zero-order valence-corrected chi connectivity index (χ0v) is 14.0. The Hall–Kier alpha value is -3.02. The molecule has 0 aliphatic heterocycles. The molecule has 1 heterocycles. The molecule has 0 N–H and O–H groups in total. The van der Waals surface area contributed by atoms with Gasteiger partial charge >= 0.3 is 0 Å². The normalized spacial score (nSPS) is 11.4. The summed E-state index contributed by atoms with van der Waals surface area (Å²) in [6.07, 6.45) is 1.30. The molecule has 0 saturated carbocycles. The first-order valence-corrected chi connectivity index (χ1v) is 7.96. The van der Waals surface area contributed by atoms with Crippen molar-refractivity contribution in [2.45, 2.75) is 26.4 Å². The number of halogens is 1. The third kappa shape index (κ3) is 4.29. The molecule has 0 saturated heterocycles. The molecule has 1 aromatic heterocycles. The number of oxime groups is 1. The van der Waals surface area contributed by atoms with Crippen LogP contribution in [-0.4, -0.2) is 16.4 Å². The number of benzene rings is 2. The number of nitrogens with zero attached hydrogens (tertiary/aromatic N) is 3. The molecule has 0 aliphatic rings. The number of aromatic nitrogens is 2. The van der Waals surface area contributed by atoms with Crippen LogP contribution < -0.4 is 0 Å². The standard InChI is InChI=1S/C19H18FN3O2/c1-13(2)14-7-9-15(10-8-14)19-22-18(25-23-19)12-24-21-11-16-5-3-4-6-17(16)20/h3-11,13H,12H2,1-2H3/b21-11-. The van der Waals surface area contributed by atoms with Crippen LogP contribution in [0.5, 0.6) is 0 Å². The average molecular weight is 339 g/mol. The number of hydrogen-bond acceptors (Lipinski definition) is 5. The summed E-state index contributed by atoms with van der Waals surface area (Å²) < 4.78 is 18.6. The van der Waals surface area contributed by atoms with Gasteiger partial charge in [-0.1, -0.05) is 66.6 Å². The number of hydrogen-bond donors (Lipinski definition) is 0. The zero-order valence-electron chi connectivity index (χ0n) is 14.0. The van der Waals surface area contributed by atoms with Crippen LogP contribution in [0.3, 0.4) is 0 Å². The summed E-state index contributed by atoms with van der Waals surface area (Å²) in [6, 6.07) is 14.3. The predicted molar refractivity (Wildman–Crippen MR) is 92.6 cm³/mol. The van der Waals surface area contributed by atoms with E-state index in [4.69, 9.17) is 9.36 Å². The molecule has 0 spiro atoms. The van der Waals surface area contributed by atoms with E-state index in [1.807, 2.05) is 24.3 Å². The lowest BCUT2D eigenvalue weighted by Crippen LogP contribution is -1.91. The van der Waals surface area contributed by atoms with Gasteiger partial charge in [0.1, 0.15) is 5.82 Å². The molecule has 128 valence electrons. The summed E-state index contributed by atoms with van der Waals surface area (Å²) in [5.74, 6) is 0.899. The molecule has 0 fully saturated rings. The third-order valence-electron chi connectivity index (χ3n) is 3.66. The summed E-state index contributed by atoms with van der Waals surface area (Å²) >= 11 is 0. The van der Waals surface area contributed by atoms with Gasteiger partial charge in [-0.25, -0.2) is 4.39 Å². The van der Waals surface area contributed by atoms with E-state index in [1.54, 1.807) is 18.2 Å². The second kappa shape index (κ2) is 7.70. The predicted octanol–water partition coefficient (Wildman–Crippen LogP) is 4.55. The van der Waals surface area contributed by atoms with Gasteiger partial charge in [-0.15, -0.1) is 0 Å². The molecule has 2 aromatic carbocycles. The van der Waals surface area contributed by atoms with Crippen molar-refractivity contribution >= 4 is 6.21 Å². The van der Waals surface area contributed by atoms with Crippen molar-refractivity contribution in [1.29, 1.82) is 0 Å². The fourth-order valence-electron chi connectivity index (χ4n) is 2.21. The molecule has 0 amide bonds. The highest BCUT2D eigenvalue weighted by molar-refractivity contribution is 5.79. The van der Waals surface area contributed by atoms with E-state index in [2.05, 4.69) is 29.1 Å². The van der Waals surface area contributed by atoms with E-state index >= 15 is 0 Å². The van der Waals surface area contributed by atoms with Crippen LogP contribution in [0.15, 0.2) is 58.2 Å². The summed E-state index contributed by atoms with van der Waals surface area (Å²) in [5, 5.41) is 7.65. The Morgan fingerprint density at radius 2 is 1.92 bits per heavy atom. The average Bonchev–Trinajstić information content (AvgIpc) is 3.09. The Balaban J connectivity index is 1.59. The lowest BCUT2D eigenvalue weighted by Gasteiger charge is -2.04. The summed E-state index contributed by atoms with van der Waals surface area (Å²) in [5.41, 5.74) is 2.46. The molecule has 3 rings (SSSR count). The van der Waals surface area contributed by atoms with Crippen LogP contribution in [0.1, 0.15) is 36.8 Å². The quantitative estimate of drug-likeness (QED) is 0.488. The Morgan fingerprint density at radius 1 is 1.16 bits per heavy atom. The Bertz CT molecular complexity index is 857. The van der Waals surface area contributed by atoms with E-state index < -0.39 is 0 Å². The van der Waals surface area contributed by atoms with Gasteiger partial charge in [0.2, 0.25) is 5.82 Å². The van der Waals surface area contributed by atoms with Gasteiger partial charge in [0.05, 0.1) is 6.21 Å². The largest absolute Gasteiger partial charge is 0.386 e. The van der Waals surface area contributed by atoms with Gasteiger partial charge in [0, 0.05) is 11.1 Å². The smallest absolute Gasteiger partial charge is 0.267 e. The second-order valence-corrected chi connectivity index (χ2v) is 5.82. The number of rotatable bonds is 6. The minimum atomic E-state index is -0.361. The highest BCUT2D eigenvalue weighted by Crippen LogP contribution is 2.20. The molecule has 0 unspecified atom stereocenters. The molecule has 0 radical (unpaired) electrons. The van der Waals surface area contributed by atoms with Gasteiger partial charge in [0.15, 0.2) is 6.61 Å². The van der Waals surface area contributed by atoms with Crippen LogP contribution in [-0.2, 0) is 11.4 Å². The van der Waals surface area contributed by atoms with Gasteiger partial charge in [-0.05, 0) is 17.5 Å². The van der Waals surface area contributed by atoms with Crippen LogP contribution >= 0.6 is 0 Å². The first-order chi connectivity index (χ1) is 12.1. The van der Waals surface area contributed by atoms with Crippen LogP contribution in [0.25, 0.3) is 11.4 Å². The molecule has 0 atom stereocenters. The van der Waals surface area contributed by atoms with E-state index in [-0.39, 0.29) is 12.4 Å².